The summed E-state index contributed by atoms with van der Waals surface area (Å²) in [6, 6.07) is 5.90. The van der Waals surface area contributed by atoms with Crippen molar-refractivity contribution in [2.45, 2.75) is 0 Å². The topological polar surface area (TPSA) is 118 Å². The summed E-state index contributed by atoms with van der Waals surface area (Å²) >= 11 is 11.5. The van der Waals surface area contributed by atoms with Crippen LogP contribution in [0.15, 0.2) is 36.4 Å². The second kappa shape index (κ2) is 8.62. The lowest BCUT2D eigenvalue weighted by molar-refractivity contribution is -0.385. The number of ether oxygens (including phenoxy) is 2. The van der Waals surface area contributed by atoms with E-state index in [1.54, 1.807) is 0 Å². The molecular weight excluding hydrogens is 470 g/mol. The quantitative estimate of drug-likeness (QED) is 0.236. The van der Waals surface area contributed by atoms with Crippen LogP contribution < -0.4 is 9.47 Å². The Labute approximate surface area is 179 Å². The fourth-order valence-corrected chi connectivity index (χ4v) is 2.61. The molecule has 2 aromatic carbocycles. The van der Waals surface area contributed by atoms with E-state index >= 15 is 0 Å². The molecule has 0 spiro atoms. The smallest absolute Gasteiger partial charge is 0.311 e. The molecule has 0 unspecified atom stereocenters. The average Bonchev–Trinajstić information content (AvgIpc) is 2.69. The van der Waals surface area contributed by atoms with Crippen LogP contribution in [0.4, 0.5) is 24.5 Å². The normalized spacial score (nSPS) is 10.6. The van der Waals surface area contributed by atoms with Crippen molar-refractivity contribution in [3.8, 4) is 23.1 Å². The lowest BCUT2D eigenvalue weighted by atomic mass is 10.3. The Morgan fingerprint density at radius 1 is 0.806 bits per heavy atom. The summed E-state index contributed by atoms with van der Waals surface area (Å²) in [4.78, 5) is 23.3. The van der Waals surface area contributed by atoms with Crippen LogP contribution in [0.5, 0.6) is 23.1 Å². The number of nitro benzene ring substituents is 2. The molecule has 31 heavy (non-hydrogen) atoms. The first-order chi connectivity index (χ1) is 14.6. The third kappa shape index (κ3) is 4.59. The van der Waals surface area contributed by atoms with Gasteiger partial charge in [-0.1, -0.05) is 23.2 Å². The minimum atomic E-state index is -1.93. The van der Waals surface area contributed by atoms with Crippen molar-refractivity contribution >= 4 is 34.6 Å². The number of nitro groups is 2. The van der Waals surface area contributed by atoms with Crippen molar-refractivity contribution in [3.63, 3.8) is 0 Å². The summed E-state index contributed by atoms with van der Waals surface area (Å²) in [5, 5.41) is 22.1. The van der Waals surface area contributed by atoms with E-state index in [0.29, 0.717) is 0 Å². The van der Waals surface area contributed by atoms with Gasteiger partial charge in [0.1, 0.15) is 0 Å². The molecule has 0 bridgehead atoms. The van der Waals surface area contributed by atoms with E-state index in [4.69, 9.17) is 32.7 Å². The summed E-state index contributed by atoms with van der Waals surface area (Å²) in [5.41, 5.74) is -1.41. The highest BCUT2D eigenvalue weighted by molar-refractivity contribution is 6.31. The Kier molecular flexibility index (Phi) is 6.13. The first-order valence-corrected chi connectivity index (χ1v) is 8.62. The first-order valence-electron chi connectivity index (χ1n) is 7.86. The van der Waals surface area contributed by atoms with Crippen molar-refractivity contribution in [3.05, 3.63) is 84.3 Å². The number of benzene rings is 2. The molecular formula is C17H6Cl2F3N3O6. The van der Waals surface area contributed by atoms with Gasteiger partial charge >= 0.3 is 11.4 Å². The fourth-order valence-electron chi connectivity index (χ4n) is 2.29. The Bertz CT molecular complexity index is 1230. The van der Waals surface area contributed by atoms with Crippen LogP contribution in [0.3, 0.4) is 0 Å². The highest BCUT2D eigenvalue weighted by Gasteiger charge is 2.28. The van der Waals surface area contributed by atoms with Gasteiger partial charge in [-0.2, -0.15) is 18.2 Å². The van der Waals surface area contributed by atoms with Crippen molar-refractivity contribution in [1.29, 1.82) is 0 Å². The standard InChI is InChI=1S/C17H6Cl2F3N3O6/c18-7-1-3-9(24(26)27)11(5-7)30-15-13(20)16(22)23-17(14(15)21)31-12-6-8(19)2-4-10(12)25(28)29/h1-6H. The number of pyridine rings is 1. The summed E-state index contributed by atoms with van der Waals surface area (Å²) in [5.74, 6) is -9.60. The van der Waals surface area contributed by atoms with Crippen LogP contribution in [0.1, 0.15) is 0 Å². The lowest BCUT2D eigenvalue weighted by Gasteiger charge is -2.12. The molecule has 3 rings (SSSR count). The van der Waals surface area contributed by atoms with Gasteiger partial charge in [-0.15, -0.1) is 0 Å². The minimum Gasteiger partial charge on any atom is -0.443 e. The summed E-state index contributed by atoms with van der Waals surface area (Å²) < 4.78 is 52.8. The molecule has 0 atom stereocenters. The zero-order valence-corrected chi connectivity index (χ0v) is 16.2. The molecule has 0 aliphatic heterocycles. The molecule has 0 amide bonds. The Hall–Kier alpha value is -3.64. The van der Waals surface area contributed by atoms with Gasteiger partial charge in [0.15, 0.2) is 0 Å². The van der Waals surface area contributed by atoms with Crippen molar-refractivity contribution in [2.75, 3.05) is 0 Å². The largest absolute Gasteiger partial charge is 0.443 e. The monoisotopic (exact) mass is 475 g/mol. The van der Waals surface area contributed by atoms with E-state index in [2.05, 4.69) is 4.98 Å². The third-order valence-corrected chi connectivity index (χ3v) is 4.09. The molecule has 1 heterocycles. The fraction of sp³-hybridized carbons (Fsp3) is 0. The molecule has 3 aromatic rings. The van der Waals surface area contributed by atoms with E-state index in [1.165, 1.54) is 0 Å². The maximum Gasteiger partial charge on any atom is 0.311 e. The van der Waals surface area contributed by atoms with Gasteiger partial charge in [0.2, 0.25) is 28.9 Å². The van der Waals surface area contributed by atoms with E-state index in [9.17, 15) is 33.4 Å². The Morgan fingerprint density at radius 2 is 1.29 bits per heavy atom. The molecule has 0 saturated heterocycles. The summed E-state index contributed by atoms with van der Waals surface area (Å²) in [7, 11) is 0. The number of aromatic nitrogens is 1. The summed E-state index contributed by atoms with van der Waals surface area (Å²) in [6.07, 6.45) is 0. The number of rotatable bonds is 6. The predicted molar refractivity (Wildman–Crippen MR) is 100 cm³/mol. The number of nitrogens with zero attached hydrogens (tertiary/aromatic N) is 3. The van der Waals surface area contributed by atoms with Gasteiger partial charge in [0.25, 0.3) is 11.8 Å². The van der Waals surface area contributed by atoms with E-state index in [1.807, 2.05) is 0 Å². The second-order valence-corrected chi connectivity index (χ2v) is 6.48. The van der Waals surface area contributed by atoms with Gasteiger partial charge < -0.3 is 9.47 Å². The lowest BCUT2D eigenvalue weighted by Crippen LogP contribution is -2.04. The Morgan fingerprint density at radius 3 is 1.77 bits per heavy atom. The number of halogens is 5. The molecule has 0 fully saturated rings. The van der Waals surface area contributed by atoms with Gasteiger partial charge in [-0.05, 0) is 12.1 Å². The van der Waals surface area contributed by atoms with Crippen molar-refractivity contribution in [1.82, 2.24) is 4.98 Å². The van der Waals surface area contributed by atoms with Crippen LogP contribution in [0, 0.1) is 37.8 Å². The highest BCUT2D eigenvalue weighted by atomic mass is 35.5. The van der Waals surface area contributed by atoms with E-state index < -0.39 is 61.9 Å². The van der Waals surface area contributed by atoms with E-state index in [-0.39, 0.29) is 10.0 Å². The molecule has 14 heteroatoms. The maximum atomic E-state index is 14.8. The zero-order chi connectivity index (χ0) is 22.9. The van der Waals surface area contributed by atoms with Crippen LogP contribution >= 0.6 is 23.2 Å². The summed E-state index contributed by atoms with van der Waals surface area (Å²) in [6.45, 7) is 0. The van der Waals surface area contributed by atoms with E-state index in [0.717, 1.165) is 36.4 Å². The van der Waals surface area contributed by atoms with Crippen molar-refractivity contribution < 1.29 is 32.5 Å². The first kappa shape index (κ1) is 22.1. The van der Waals surface area contributed by atoms with Gasteiger partial charge in [0.05, 0.1) is 9.85 Å². The molecule has 0 aliphatic carbocycles. The number of hydrogen-bond acceptors (Lipinski definition) is 7. The predicted octanol–water partition coefficient (Wildman–Crippen LogP) is 6.21. The van der Waals surface area contributed by atoms with Gasteiger partial charge in [-0.25, -0.2) is 0 Å². The van der Waals surface area contributed by atoms with Crippen LogP contribution in [-0.4, -0.2) is 14.8 Å². The second-order valence-electron chi connectivity index (χ2n) is 5.61. The minimum absolute atomic E-state index is 0.0467. The molecule has 160 valence electrons. The zero-order valence-electron chi connectivity index (χ0n) is 14.6. The van der Waals surface area contributed by atoms with Crippen LogP contribution in [-0.2, 0) is 0 Å². The molecule has 1 aromatic heterocycles. The molecule has 9 nitrogen and oxygen atoms in total. The van der Waals surface area contributed by atoms with Crippen molar-refractivity contribution in [2.24, 2.45) is 0 Å². The highest BCUT2D eigenvalue weighted by Crippen LogP contribution is 2.40. The third-order valence-electron chi connectivity index (χ3n) is 3.62. The maximum absolute atomic E-state index is 14.8. The van der Waals surface area contributed by atoms with Crippen LogP contribution in [0.2, 0.25) is 10.0 Å². The van der Waals surface area contributed by atoms with Crippen LogP contribution in [0.25, 0.3) is 0 Å². The van der Waals surface area contributed by atoms with Gasteiger partial charge in [-0.3, -0.25) is 20.2 Å². The molecule has 0 N–H and O–H groups in total. The molecule has 0 saturated carbocycles. The molecule has 0 aliphatic rings. The number of hydrogen-bond donors (Lipinski definition) is 0. The van der Waals surface area contributed by atoms with Gasteiger partial charge in [0, 0.05) is 34.3 Å². The molecule has 0 radical (unpaired) electrons. The SMILES string of the molecule is O=[N+]([O-])c1ccc(Cl)cc1Oc1nc(F)c(F)c(Oc2cc(Cl)ccc2[N+](=O)[O-])c1F. The average molecular weight is 476 g/mol. The Balaban J connectivity index is 2.11.